The van der Waals surface area contributed by atoms with Crippen molar-refractivity contribution in [1.82, 2.24) is 0 Å². The quantitative estimate of drug-likeness (QED) is 0.213. The summed E-state index contributed by atoms with van der Waals surface area (Å²) < 4.78 is 0. The summed E-state index contributed by atoms with van der Waals surface area (Å²) in [6, 6.07) is 0. The molecule has 0 unspecified atom stereocenters. The molecule has 0 aliphatic rings. The Hall–Kier alpha value is -1.14. The van der Waals surface area contributed by atoms with Crippen LogP contribution in [0.5, 0.6) is 0 Å². The number of hydrogen-bond acceptors (Lipinski definition) is 5. The van der Waals surface area contributed by atoms with Crippen LogP contribution in [0, 0.1) is 0 Å². The molecule has 0 aromatic rings. The van der Waals surface area contributed by atoms with Gasteiger partial charge in [-0.3, -0.25) is 0 Å². The monoisotopic (exact) mass is 175 g/mol. The van der Waals surface area contributed by atoms with Crippen LogP contribution in [0.1, 0.15) is 6.42 Å². The van der Waals surface area contributed by atoms with Crippen molar-refractivity contribution in [3.63, 3.8) is 0 Å². The van der Waals surface area contributed by atoms with Gasteiger partial charge in [0.05, 0.1) is 6.61 Å². The molecule has 2 atom stereocenters. The van der Waals surface area contributed by atoms with E-state index in [0.717, 1.165) is 0 Å². The van der Waals surface area contributed by atoms with Crippen LogP contribution in [0.15, 0.2) is 5.11 Å². The minimum Gasteiger partial charge on any atom is -0.394 e. The maximum atomic E-state index is 9.98. The highest BCUT2D eigenvalue weighted by Gasteiger charge is 2.33. The van der Waals surface area contributed by atoms with Crippen LogP contribution in [0.25, 0.3) is 10.4 Å². The van der Waals surface area contributed by atoms with Crippen molar-refractivity contribution in [3.8, 4) is 0 Å². The molecule has 0 saturated carbocycles. The molecule has 3 N–H and O–H groups in total. The summed E-state index contributed by atoms with van der Waals surface area (Å²) in [7, 11) is 0. The SMILES string of the molecule is [N-]=[N+]=N[C@](O)(CC=O)[C@H](O)CO. The van der Waals surface area contributed by atoms with Crippen LogP contribution in [0.3, 0.4) is 0 Å². The number of carbonyl (C=O) groups excluding carboxylic acids is 1. The van der Waals surface area contributed by atoms with E-state index < -0.39 is 24.9 Å². The normalized spacial score (nSPS) is 17.2. The van der Waals surface area contributed by atoms with Gasteiger partial charge in [0.2, 0.25) is 0 Å². The van der Waals surface area contributed by atoms with Gasteiger partial charge in [0.1, 0.15) is 12.4 Å². The zero-order valence-corrected chi connectivity index (χ0v) is 6.16. The number of nitrogens with zero attached hydrogens (tertiary/aromatic N) is 3. The van der Waals surface area contributed by atoms with Crippen LogP contribution < -0.4 is 0 Å². The third-order valence-corrected chi connectivity index (χ3v) is 1.31. The van der Waals surface area contributed by atoms with E-state index in [1.165, 1.54) is 0 Å². The molecule has 0 fully saturated rings. The van der Waals surface area contributed by atoms with E-state index >= 15 is 0 Å². The molecular formula is C5H9N3O4. The fraction of sp³-hybridized carbons (Fsp3) is 0.800. The minimum atomic E-state index is -2.24. The van der Waals surface area contributed by atoms with E-state index in [9.17, 15) is 9.90 Å². The van der Waals surface area contributed by atoms with Crippen molar-refractivity contribution in [3.05, 3.63) is 10.4 Å². The number of carbonyl (C=O) groups is 1. The summed E-state index contributed by atoms with van der Waals surface area (Å²) in [5, 5.41) is 29.4. The van der Waals surface area contributed by atoms with Gasteiger partial charge in [0.15, 0.2) is 5.72 Å². The smallest absolute Gasteiger partial charge is 0.178 e. The Morgan fingerprint density at radius 2 is 2.33 bits per heavy atom. The Labute approximate surface area is 67.9 Å². The predicted molar refractivity (Wildman–Crippen MR) is 37.9 cm³/mol. The Morgan fingerprint density at radius 3 is 2.67 bits per heavy atom. The van der Waals surface area contributed by atoms with E-state index in [2.05, 4.69) is 10.0 Å². The first-order valence-corrected chi connectivity index (χ1v) is 3.12. The van der Waals surface area contributed by atoms with Gasteiger partial charge in [-0.05, 0) is 5.53 Å². The fourth-order valence-corrected chi connectivity index (χ4v) is 0.590. The molecule has 0 saturated heterocycles. The Morgan fingerprint density at radius 1 is 1.75 bits per heavy atom. The molecule has 0 heterocycles. The van der Waals surface area contributed by atoms with Gasteiger partial charge in [0, 0.05) is 11.3 Å². The highest BCUT2D eigenvalue weighted by atomic mass is 16.4. The topological polar surface area (TPSA) is 127 Å². The van der Waals surface area contributed by atoms with E-state index in [1.54, 1.807) is 0 Å². The summed E-state index contributed by atoms with van der Waals surface area (Å²) in [6.45, 7) is -0.788. The molecule has 0 aliphatic heterocycles. The highest BCUT2D eigenvalue weighted by Crippen LogP contribution is 2.16. The van der Waals surface area contributed by atoms with Crippen LogP contribution in [0.2, 0.25) is 0 Å². The van der Waals surface area contributed by atoms with Crippen LogP contribution in [-0.2, 0) is 4.79 Å². The Bertz CT molecular complexity index is 203. The Kier molecular flexibility index (Phi) is 4.24. The van der Waals surface area contributed by atoms with Crippen molar-refractivity contribution in [1.29, 1.82) is 0 Å². The second-order valence-electron chi connectivity index (χ2n) is 2.14. The van der Waals surface area contributed by atoms with Gasteiger partial charge in [-0.25, -0.2) is 0 Å². The van der Waals surface area contributed by atoms with Gasteiger partial charge in [-0.15, -0.1) is 0 Å². The van der Waals surface area contributed by atoms with Crippen molar-refractivity contribution in [2.24, 2.45) is 5.11 Å². The van der Waals surface area contributed by atoms with Crippen LogP contribution >= 0.6 is 0 Å². The first-order chi connectivity index (χ1) is 5.60. The number of aliphatic hydroxyl groups is 3. The lowest BCUT2D eigenvalue weighted by molar-refractivity contribution is -0.123. The number of aldehydes is 1. The zero-order chi connectivity index (χ0) is 9.61. The zero-order valence-electron chi connectivity index (χ0n) is 6.16. The third kappa shape index (κ3) is 2.48. The second-order valence-corrected chi connectivity index (χ2v) is 2.14. The summed E-state index contributed by atoms with van der Waals surface area (Å²) >= 11 is 0. The van der Waals surface area contributed by atoms with Crippen molar-refractivity contribution in [2.75, 3.05) is 6.61 Å². The molecule has 12 heavy (non-hydrogen) atoms. The summed E-state index contributed by atoms with van der Waals surface area (Å²) in [6.07, 6.45) is -1.93. The van der Waals surface area contributed by atoms with E-state index in [-0.39, 0.29) is 6.29 Å². The van der Waals surface area contributed by atoms with E-state index in [4.69, 9.17) is 15.7 Å². The minimum absolute atomic E-state index is 0.285. The molecule has 7 nitrogen and oxygen atoms in total. The first-order valence-electron chi connectivity index (χ1n) is 3.12. The lowest BCUT2D eigenvalue weighted by Gasteiger charge is -2.24. The van der Waals surface area contributed by atoms with Gasteiger partial charge < -0.3 is 20.1 Å². The molecule has 0 spiro atoms. The van der Waals surface area contributed by atoms with Crippen molar-refractivity contribution < 1.29 is 20.1 Å². The predicted octanol–water partition coefficient (Wildman–Crippen LogP) is -1.07. The average molecular weight is 175 g/mol. The number of aliphatic hydroxyl groups excluding tert-OH is 2. The molecule has 0 bridgehead atoms. The fourth-order valence-electron chi connectivity index (χ4n) is 0.590. The molecule has 0 amide bonds. The lowest BCUT2D eigenvalue weighted by atomic mass is 10.1. The molecule has 0 radical (unpaired) electrons. The van der Waals surface area contributed by atoms with Gasteiger partial charge in [-0.1, -0.05) is 5.11 Å². The summed E-state index contributed by atoms with van der Waals surface area (Å²) in [5.41, 5.74) is 5.72. The maximum absolute atomic E-state index is 9.98. The van der Waals surface area contributed by atoms with Crippen LogP contribution in [0.4, 0.5) is 0 Å². The van der Waals surface area contributed by atoms with E-state index in [1.807, 2.05) is 0 Å². The molecule has 0 aromatic carbocycles. The van der Waals surface area contributed by atoms with E-state index in [0.29, 0.717) is 0 Å². The second kappa shape index (κ2) is 4.68. The van der Waals surface area contributed by atoms with Gasteiger partial charge >= 0.3 is 0 Å². The number of azide groups is 1. The first kappa shape index (κ1) is 10.9. The van der Waals surface area contributed by atoms with Crippen molar-refractivity contribution >= 4 is 6.29 Å². The highest BCUT2D eigenvalue weighted by molar-refractivity contribution is 5.51. The number of rotatable bonds is 5. The van der Waals surface area contributed by atoms with Crippen LogP contribution in [-0.4, -0.2) is 40.0 Å². The standard InChI is InChI=1S/C5H9N3O4/c6-8-7-5(12,1-2-9)4(11)3-10/h2,4,10-12H,1,3H2/t4-,5+/m1/s1. The molecule has 7 heteroatoms. The summed E-state index contributed by atoms with van der Waals surface area (Å²) in [4.78, 5) is 12.2. The molecule has 0 rings (SSSR count). The molecule has 0 aromatic heterocycles. The maximum Gasteiger partial charge on any atom is 0.178 e. The molecular weight excluding hydrogens is 166 g/mol. The number of hydrogen-bond donors (Lipinski definition) is 3. The largest absolute Gasteiger partial charge is 0.394 e. The summed E-state index contributed by atoms with van der Waals surface area (Å²) in [5.74, 6) is 0. The molecule has 0 aliphatic carbocycles. The molecule has 68 valence electrons. The van der Waals surface area contributed by atoms with Crippen molar-refractivity contribution in [2.45, 2.75) is 18.2 Å². The average Bonchev–Trinajstić information content (AvgIpc) is 2.04. The Balaban J connectivity index is 4.58. The lowest BCUT2D eigenvalue weighted by Crippen LogP contribution is -2.42. The van der Waals surface area contributed by atoms with Gasteiger partial charge in [0.25, 0.3) is 0 Å². The third-order valence-electron chi connectivity index (χ3n) is 1.31. The van der Waals surface area contributed by atoms with Gasteiger partial charge in [-0.2, -0.15) is 0 Å².